The number of anilines is 1. The van der Waals surface area contributed by atoms with Crippen molar-refractivity contribution in [3.63, 3.8) is 0 Å². The number of aromatic nitrogens is 2. The molecule has 1 aromatic rings. The van der Waals surface area contributed by atoms with Gasteiger partial charge in [0.25, 0.3) is 0 Å². The number of morpholine rings is 1. The van der Waals surface area contributed by atoms with Gasteiger partial charge in [-0.3, -0.25) is 0 Å². The van der Waals surface area contributed by atoms with Crippen LogP contribution in [0.3, 0.4) is 0 Å². The number of carboxylic acid groups (broad SMARTS) is 1. The molecule has 1 aliphatic rings. The Labute approximate surface area is 106 Å². The molecule has 0 radical (unpaired) electrons. The molecule has 0 aromatic carbocycles. The highest BCUT2D eigenvalue weighted by Gasteiger charge is 2.27. The number of nitrogens with zero attached hydrogens (tertiary/aromatic N) is 3. The largest absolute Gasteiger partial charge is 0.479 e. The zero-order valence-electron chi connectivity index (χ0n) is 10.5. The maximum Gasteiger partial charge on any atom is 0.334 e. The van der Waals surface area contributed by atoms with Crippen molar-refractivity contribution in [3.05, 3.63) is 18.1 Å². The zero-order valence-corrected chi connectivity index (χ0v) is 10.5. The first-order chi connectivity index (χ1) is 8.58. The Morgan fingerprint density at radius 1 is 1.56 bits per heavy atom. The van der Waals surface area contributed by atoms with Gasteiger partial charge >= 0.3 is 5.97 Å². The Bertz CT molecular complexity index is 436. The molecule has 2 heterocycles. The van der Waals surface area contributed by atoms with Gasteiger partial charge in [-0.25, -0.2) is 14.8 Å². The van der Waals surface area contributed by atoms with Crippen molar-refractivity contribution < 1.29 is 14.6 Å². The van der Waals surface area contributed by atoms with E-state index in [1.165, 1.54) is 6.33 Å². The van der Waals surface area contributed by atoms with Crippen LogP contribution in [0.15, 0.2) is 12.4 Å². The molecule has 98 valence electrons. The lowest BCUT2D eigenvalue weighted by Crippen LogP contribution is -2.46. The molecule has 6 nitrogen and oxygen atoms in total. The van der Waals surface area contributed by atoms with Gasteiger partial charge in [0.1, 0.15) is 12.1 Å². The average molecular weight is 251 g/mol. The second kappa shape index (κ2) is 5.30. The maximum absolute atomic E-state index is 10.9. The van der Waals surface area contributed by atoms with E-state index in [-0.39, 0.29) is 0 Å². The van der Waals surface area contributed by atoms with Crippen LogP contribution in [-0.2, 0) is 9.53 Å². The molecule has 6 heteroatoms. The average Bonchev–Trinajstić information content (AvgIpc) is 2.39. The second-order valence-electron chi connectivity index (χ2n) is 4.60. The quantitative estimate of drug-likeness (QED) is 0.859. The maximum atomic E-state index is 10.9. The summed E-state index contributed by atoms with van der Waals surface area (Å²) in [7, 11) is 0. The van der Waals surface area contributed by atoms with Crippen molar-refractivity contribution in [1.82, 2.24) is 9.97 Å². The van der Waals surface area contributed by atoms with E-state index in [1.807, 2.05) is 11.0 Å². The molecule has 1 saturated heterocycles. The molecule has 0 aliphatic carbocycles. The topological polar surface area (TPSA) is 75.5 Å². The third-order valence-electron chi connectivity index (χ3n) is 2.93. The summed E-state index contributed by atoms with van der Waals surface area (Å²) in [4.78, 5) is 21.3. The smallest absolute Gasteiger partial charge is 0.334 e. The van der Waals surface area contributed by atoms with Gasteiger partial charge < -0.3 is 14.7 Å². The van der Waals surface area contributed by atoms with Gasteiger partial charge in [-0.05, 0) is 5.92 Å². The van der Waals surface area contributed by atoms with Crippen LogP contribution in [0.2, 0.25) is 0 Å². The zero-order chi connectivity index (χ0) is 13.1. The molecule has 1 unspecified atom stereocenters. The summed E-state index contributed by atoms with van der Waals surface area (Å²) in [6, 6.07) is 1.91. The third-order valence-corrected chi connectivity index (χ3v) is 2.93. The summed E-state index contributed by atoms with van der Waals surface area (Å²) in [5, 5.41) is 8.96. The minimum Gasteiger partial charge on any atom is -0.479 e. The molecule has 0 amide bonds. The highest BCUT2D eigenvalue weighted by molar-refractivity contribution is 5.73. The monoisotopic (exact) mass is 251 g/mol. The van der Waals surface area contributed by atoms with Crippen molar-refractivity contribution in [1.29, 1.82) is 0 Å². The lowest BCUT2D eigenvalue weighted by Gasteiger charge is -2.31. The summed E-state index contributed by atoms with van der Waals surface area (Å²) >= 11 is 0. The van der Waals surface area contributed by atoms with Gasteiger partial charge in [-0.15, -0.1) is 0 Å². The Balaban J connectivity index is 2.15. The van der Waals surface area contributed by atoms with Crippen molar-refractivity contribution >= 4 is 11.8 Å². The van der Waals surface area contributed by atoms with E-state index >= 15 is 0 Å². The number of ether oxygens (including phenoxy) is 1. The van der Waals surface area contributed by atoms with E-state index < -0.39 is 12.1 Å². The Morgan fingerprint density at radius 2 is 2.33 bits per heavy atom. The van der Waals surface area contributed by atoms with Crippen LogP contribution in [0.4, 0.5) is 5.82 Å². The molecule has 1 fully saturated rings. The van der Waals surface area contributed by atoms with Crippen molar-refractivity contribution in [2.24, 2.45) is 0 Å². The van der Waals surface area contributed by atoms with Gasteiger partial charge in [-0.1, -0.05) is 13.8 Å². The number of carboxylic acids is 1. The van der Waals surface area contributed by atoms with Crippen LogP contribution in [0.1, 0.15) is 25.5 Å². The van der Waals surface area contributed by atoms with Crippen molar-refractivity contribution in [2.45, 2.75) is 25.9 Å². The van der Waals surface area contributed by atoms with Crippen LogP contribution in [0, 0.1) is 0 Å². The summed E-state index contributed by atoms with van der Waals surface area (Å²) in [6.45, 7) is 5.50. The van der Waals surface area contributed by atoms with Crippen LogP contribution in [-0.4, -0.2) is 46.8 Å². The lowest BCUT2D eigenvalue weighted by molar-refractivity contribution is -0.150. The summed E-state index contributed by atoms with van der Waals surface area (Å²) < 4.78 is 5.18. The molecule has 2 rings (SSSR count). The summed E-state index contributed by atoms with van der Waals surface area (Å²) in [5.74, 6) is 0.157. The molecule has 1 N–H and O–H groups in total. The fourth-order valence-electron chi connectivity index (χ4n) is 1.86. The van der Waals surface area contributed by atoms with Crippen LogP contribution in [0.5, 0.6) is 0 Å². The van der Waals surface area contributed by atoms with E-state index in [0.29, 0.717) is 25.6 Å². The highest BCUT2D eigenvalue weighted by atomic mass is 16.5. The first kappa shape index (κ1) is 12.8. The van der Waals surface area contributed by atoms with Crippen LogP contribution >= 0.6 is 0 Å². The van der Waals surface area contributed by atoms with E-state index in [1.54, 1.807) is 0 Å². The van der Waals surface area contributed by atoms with Gasteiger partial charge in [0.2, 0.25) is 0 Å². The molecule has 0 bridgehead atoms. The molecule has 0 spiro atoms. The number of hydrogen-bond acceptors (Lipinski definition) is 5. The first-order valence-corrected chi connectivity index (χ1v) is 5.99. The van der Waals surface area contributed by atoms with Crippen molar-refractivity contribution in [3.8, 4) is 0 Å². The fraction of sp³-hybridized carbons (Fsp3) is 0.583. The molecule has 1 aromatic heterocycles. The van der Waals surface area contributed by atoms with Gasteiger partial charge in [0.15, 0.2) is 6.10 Å². The van der Waals surface area contributed by atoms with Gasteiger partial charge in [0, 0.05) is 18.3 Å². The van der Waals surface area contributed by atoms with E-state index in [2.05, 4.69) is 23.8 Å². The minimum absolute atomic E-state index is 0.322. The predicted octanol–water partition coefficient (Wildman–Crippen LogP) is 0.890. The highest BCUT2D eigenvalue weighted by Crippen LogP contribution is 2.19. The normalized spacial score (nSPS) is 20.2. The molecular weight excluding hydrogens is 234 g/mol. The summed E-state index contributed by atoms with van der Waals surface area (Å²) in [5.41, 5.74) is 0.957. The Hall–Kier alpha value is -1.69. The second-order valence-corrected chi connectivity index (χ2v) is 4.60. The molecule has 1 aliphatic heterocycles. The molecule has 18 heavy (non-hydrogen) atoms. The third kappa shape index (κ3) is 2.76. The standard InChI is InChI=1S/C12H17N3O3/c1-8(2)9-5-11(14-7-13-9)15-3-4-18-10(6-15)12(16)17/h5,7-8,10H,3-4,6H2,1-2H3,(H,16,17). The van der Waals surface area contributed by atoms with Crippen LogP contribution < -0.4 is 4.90 Å². The number of hydrogen-bond donors (Lipinski definition) is 1. The fourth-order valence-corrected chi connectivity index (χ4v) is 1.86. The van der Waals surface area contributed by atoms with E-state index in [0.717, 1.165) is 11.5 Å². The van der Waals surface area contributed by atoms with E-state index in [9.17, 15) is 4.79 Å². The first-order valence-electron chi connectivity index (χ1n) is 5.99. The molecule has 0 saturated carbocycles. The number of aliphatic carboxylic acids is 1. The Kier molecular flexibility index (Phi) is 3.76. The SMILES string of the molecule is CC(C)c1cc(N2CCOC(C(=O)O)C2)ncn1. The minimum atomic E-state index is -0.933. The van der Waals surface area contributed by atoms with E-state index in [4.69, 9.17) is 9.84 Å². The van der Waals surface area contributed by atoms with Gasteiger partial charge in [0.05, 0.1) is 13.2 Å². The van der Waals surface area contributed by atoms with Crippen LogP contribution in [0.25, 0.3) is 0 Å². The molecular formula is C12H17N3O3. The number of rotatable bonds is 3. The number of carbonyl (C=O) groups is 1. The molecule has 1 atom stereocenters. The van der Waals surface area contributed by atoms with Crippen molar-refractivity contribution in [2.75, 3.05) is 24.6 Å². The summed E-state index contributed by atoms with van der Waals surface area (Å²) in [6.07, 6.45) is 0.742. The lowest BCUT2D eigenvalue weighted by atomic mass is 10.1. The van der Waals surface area contributed by atoms with Gasteiger partial charge in [-0.2, -0.15) is 0 Å². The predicted molar refractivity (Wildman–Crippen MR) is 65.7 cm³/mol. The Morgan fingerprint density at radius 3 is 3.00 bits per heavy atom.